The third-order valence-corrected chi connectivity index (χ3v) is 2.52. The number of aryl methyl sites for hydroxylation is 1. The third-order valence-electron chi connectivity index (χ3n) is 2.52. The second kappa shape index (κ2) is 6.60. The zero-order valence-corrected chi connectivity index (χ0v) is 10.3. The van der Waals surface area contributed by atoms with Gasteiger partial charge in [0.2, 0.25) is 5.89 Å². The average molecular weight is 227 g/mol. The second-order valence-electron chi connectivity index (χ2n) is 4.02. The lowest BCUT2D eigenvalue weighted by atomic mass is 10.1. The Morgan fingerprint density at radius 3 is 2.81 bits per heavy atom. The van der Waals surface area contributed by atoms with E-state index in [1.54, 1.807) is 0 Å². The highest BCUT2D eigenvalue weighted by Gasteiger charge is 2.13. The fourth-order valence-electron chi connectivity index (χ4n) is 1.35. The Bertz CT molecular complexity index is 301. The summed E-state index contributed by atoms with van der Waals surface area (Å²) in [5.41, 5.74) is 5.54. The molecule has 1 heterocycles. The van der Waals surface area contributed by atoms with Crippen molar-refractivity contribution >= 4 is 0 Å². The highest BCUT2D eigenvalue weighted by molar-refractivity contribution is 4.90. The fraction of sp³-hybridized carbons (Fsp3) is 0.818. The summed E-state index contributed by atoms with van der Waals surface area (Å²) in [5, 5.41) is 3.90. The van der Waals surface area contributed by atoms with Crippen molar-refractivity contribution in [3.8, 4) is 0 Å². The van der Waals surface area contributed by atoms with Gasteiger partial charge in [0.15, 0.2) is 5.82 Å². The monoisotopic (exact) mass is 227 g/mol. The summed E-state index contributed by atoms with van der Waals surface area (Å²) in [6, 6.07) is 0. The van der Waals surface area contributed by atoms with Crippen LogP contribution in [0.5, 0.6) is 0 Å². The first-order valence-corrected chi connectivity index (χ1v) is 5.81. The molecule has 1 rings (SSSR count). The Morgan fingerprint density at radius 1 is 1.44 bits per heavy atom. The number of ether oxygens (including phenoxy) is 1. The normalized spacial score (nSPS) is 15.0. The largest absolute Gasteiger partial charge is 0.371 e. The van der Waals surface area contributed by atoms with Crippen LogP contribution in [0.15, 0.2) is 4.52 Å². The van der Waals surface area contributed by atoms with Crippen molar-refractivity contribution in [3.05, 3.63) is 11.7 Å². The van der Waals surface area contributed by atoms with Crippen LogP contribution in [-0.2, 0) is 11.2 Å². The van der Waals surface area contributed by atoms with Crippen molar-refractivity contribution in [2.24, 2.45) is 11.7 Å². The smallest absolute Gasteiger partial charge is 0.226 e. The predicted octanol–water partition coefficient (Wildman–Crippen LogP) is 1.69. The van der Waals surface area contributed by atoms with E-state index in [0.717, 1.165) is 12.8 Å². The van der Waals surface area contributed by atoms with Gasteiger partial charge >= 0.3 is 0 Å². The summed E-state index contributed by atoms with van der Waals surface area (Å²) >= 11 is 0. The van der Waals surface area contributed by atoms with E-state index in [4.69, 9.17) is 15.0 Å². The molecule has 0 radical (unpaired) electrons. The molecule has 2 unspecified atom stereocenters. The summed E-state index contributed by atoms with van der Waals surface area (Å²) in [6.45, 7) is 7.31. The zero-order valence-electron chi connectivity index (χ0n) is 10.3. The third kappa shape index (κ3) is 3.90. The lowest BCUT2D eigenvalue weighted by molar-refractivity contribution is 0.0683. The second-order valence-corrected chi connectivity index (χ2v) is 4.02. The van der Waals surface area contributed by atoms with Crippen molar-refractivity contribution in [2.75, 3.05) is 13.2 Å². The molecule has 2 atom stereocenters. The standard InChI is InChI=1S/C11H21N3O2/c1-4-15-9(3)11-13-10(16-14-11)6-5-8(2)7-12/h8-9H,4-7,12H2,1-3H3. The summed E-state index contributed by atoms with van der Waals surface area (Å²) in [6.07, 6.45) is 1.65. The van der Waals surface area contributed by atoms with Crippen LogP contribution in [0.4, 0.5) is 0 Å². The molecule has 0 amide bonds. The lowest BCUT2D eigenvalue weighted by Crippen LogP contribution is -2.11. The van der Waals surface area contributed by atoms with Crippen LogP contribution < -0.4 is 5.73 Å². The summed E-state index contributed by atoms with van der Waals surface area (Å²) in [7, 11) is 0. The number of nitrogens with zero attached hydrogens (tertiary/aromatic N) is 2. The van der Waals surface area contributed by atoms with E-state index >= 15 is 0 Å². The van der Waals surface area contributed by atoms with Gasteiger partial charge < -0.3 is 15.0 Å². The molecule has 0 aliphatic rings. The van der Waals surface area contributed by atoms with E-state index in [1.807, 2.05) is 13.8 Å². The van der Waals surface area contributed by atoms with Crippen LogP contribution >= 0.6 is 0 Å². The van der Waals surface area contributed by atoms with Gasteiger partial charge in [0.05, 0.1) is 0 Å². The van der Waals surface area contributed by atoms with Crippen molar-refractivity contribution in [1.82, 2.24) is 10.1 Å². The van der Waals surface area contributed by atoms with Crippen molar-refractivity contribution < 1.29 is 9.26 Å². The first-order chi connectivity index (χ1) is 7.67. The van der Waals surface area contributed by atoms with Gasteiger partial charge in [-0.25, -0.2) is 0 Å². The zero-order chi connectivity index (χ0) is 12.0. The maximum Gasteiger partial charge on any atom is 0.226 e. The molecule has 0 saturated heterocycles. The van der Waals surface area contributed by atoms with Crippen LogP contribution in [0.25, 0.3) is 0 Å². The van der Waals surface area contributed by atoms with Crippen molar-refractivity contribution in [1.29, 1.82) is 0 Å². The molecule has 0 aromatic carbocycles. The molecule has 2 N–H and O–H groups in total. The molecule has 0 aliphatic carbocycles. The number of nitrogens with two attached hydrogens (primary N) is 1. The Balaban J connectivity index is 2.45. The molecule has 0 spiro atoms. The molecule has 5 heteroatoms. The highest BCUT2D eigenvalue weighted by Crippen LogP contribution is 2.14. The van der Waals surface area contributed by atoms with Gasteiger partial charge in [-0.15, -0.1) is 0 Å². The summed E-state index contributed by atoms with van der Waals surface area (Å²) < 4.78 is 10.5. The van der Waals surface area contributed by atoms with Gasteiger partial charge in [0.25, 0.3) is 0 Å². The van der Waals surface area contributed by atoms with Gasteiger partial charge in [-0.05, 0) is 32.7 Å². The number of rotatable bonds is 7. The maximum atomic E-state index is 5.54. The molecular weight excluding hydrogens is 206 g/mol. The Labute approximate surface area is 96.4 Å². The molecular formula is C11H21N3O2. The lowest BCUT2D eigenvalue weighted by Gasteiger charge is -2.05. The van der Waals surface area contributed by atoms with Gasteiger partial charge in [-0.1, -0.05) is 12.1 Å². The molecule has 5 nitrogen and oxygen atoms in total. The molecule has 0 aliphatic heterocycles. The van der Waals surface area contributed by atoms with Gasteiger partial charge in [-0.2, -0.15) is 4.98 Å². The van der Waals surface area contributed by atoms with Crippen LogP contribution in [0, 0.1) is 5.92 Å². The minimum atomic E-state index is -0.102. The van der Waals surface area contributed by atoms with E-state index in [-0.39, 0.29) is 6.10 Å². The first-order valence-electron chi connectivity index (χ1n) is 5.81. The van der Waals surface area contributed by atoms with Gasteiger partial charge in [0.1, 0.15) is 6.10 Å². The average Bonchev–Trinajstić information content (AvgIpc) is 2.75. The number of hydrogen-bond donors (Lipinski definition) is 1. The Morgan fingerprint density at radius 2 is 2.19 bits per heavy atom. The predicted molar refractivity (Wildman–Crippen MR) is 60.9 cm³/mol. The van der Waals surface area contributed by atoms with Crippen molar-refractivity contribution in [3.63, 3.8) is 0 Å². The van der Waals surface area contributed by atoms with E-state index in [1.165, 1.54) is 0 Å². The molecule has 0 bridgehead atoms. The molecule has 0 fully saturated rings. The minimum Gasteiger partial charge on any atom is -0.371 e. The number of aromatic nitrogens is 2. The van der Waals surface area contributed by atoms with Crippen LogP contribution in [0.1, 0.15) is 45.0 Å². The van der Waals surface area contributed by atoms with E-state index < -0.39 is 0 Å². The Hall–Kier alpha value is -0.940. The van der Waals surface area contributed by atoms with Crippen molar-refractivity contribution in [2.45, 2.75) is 39.7 Å². The molecule has 1 aromatic rings. The van der Waals surface area contributed by atoms with Crippen LogP contribution in [-0.4, -0.2) is 23.3 Å². The fourth-order valence-corrected chi connectivity index (χ4v) is 1.35. The first kappa shape index (κ1) is 13.1. The van der Waals surface area contributed by atoms with Crippen LogP contribution in [0.3, 0.4) is 0 Å². The maximum absolute atomic E-state index is 5.54. The number of hydrogen-bond acceptors (Lipinski definition) is 5. The van der Waals surface area contributed by atoms with E-state index in [0.29, 0.717) is 30.8 Å². The topological polar surface area (TPSA) is 74.2 Å². The van der Waals surface area contributed by atoms with E-state index in [2.05, 4.69) is 17.1 Å². The molecule has 16 heavy (non-hydrogen) atoms. The minimum absolute atomic E-state index is 0.102. The highest BCUT2D eigenvalue weighted by atomic mass is 16.5. The molecule has 0 saturated carbocycles. The van der Waals surface area contributed by atoms with Crippen LogP contribution in [0.2, 0.25) is 0 Å². The molecule has 1 aromatic heterocycles. The van der Waals surface area contributed by atoms with Gasteiger partial charge in [0, 0.05) is 13.0 Å². The summed E-state index contributed by atoms with van der Waals surface area (Å²) in [5.74, 6) is 1.78. The van der Waals surface area contributed by atoms with Gasteiger partial charge in [-0.3, -0.25) is 0 Å². The summed E-state index contributed by atoms with van der Waals surface area (Å²) in [4.78, 5) is 4.29. The SMILES string of the molecule is CCOC(C)c1noc(CCC(C)CN)n1. The Kier molecular flexibility index (Phi) is 5.42. The quantitative estimate of drug-likeness (QED) is 0.767. The molecule has 92 valence electrons. The van der Waals surface area contributed by atoms with E-state index in [9.17, 15) is 0 Å².